The Balaban J connectivity index is 0.00000225. The summed E-state index contributed by atoms with van der Waals surface area (Å²) in [6.07, 6.45) is 0.985. The lowest BCUT2D eigenvalue weighted by Gasteiger charge is -2.18. The summed E-state index contributed by atoms with van der Waals surface area (Å²) in [6, 6.07) is 6.05. The third-order valence-electron chi connectivity index (χ3n) is 2.15. The largest absolute Gasteiger partial charge is 0.495 e. The Kier molecular flexibility index (Phi) is 7.40. The molecule has 0 radical (unpaired) electrons. The molecule has 0 fully saturated rings. The lowest BCUT2D eigenvalue weighted by molar-refractivity contribution is 0.396. The van der Waals surface area contributed by atoms with Crippen molar-refractivity contribution in [3.8, 4) is 5.75 Å². The number of nitrogens with zero attached hydrogens (tertiary/aromatic N) is 1. The van der Waals surface area contributed by atoms with Gasteiger partial charge in [0.05, 0.1) is 12.8 Å². The van der Waals surface area contributed by atoms with E-state index < -0.39 is 0 Å². The monoisotopic (exact) mass is 262 g/mol. The standard InChI is InChI=1S/C10H16N2O2S.H2S/c1-4-8-5-6-10(13-3)9(7-8)12(2)15-14-11;/h5-7H,4,11H2,1-3H3;1H2. The van der Waals surface area contributed by atoms with Gasteiger partial charge in [-0.05, 0) is 24.1 Å². The summed E-state index contributed by atoms with van der Waals surface area (Å²) < 4.78 is 11.6. The smallest absolute Gasteiger partial charge is 0.143 e. The van der Waals surface area contributed by atoms with Crippen LogP contribution in [0.25, 0.3) is 0 Å². The zero-order valence-corrected chi connectivity index (χ0v) is 11.5. The van der Waals surface area contributed by atoms with Gasteiger partial charge in [0.1, 0.15) is 18.0 Å². The first-order valence-electron chi connectivity index (χ1n) is 4.67. The van der Waals surface area contributed by atoms with Crippen molar-refractivity contribution >= 4 is 31.4 Å². The normalized spacial score (nSPS) is 9.50. The summed E-state index contributed by atoms with van der Waals surface area (Å²) in [7, 11) is 3.51. The lowest BCUT2D eigenvalue weighted by atomic mass is 10.1. The van der Waals surface area contributed by atoms with Crippen LogP contribution < -0.4 is 14.9 Å². The third-order valence-corrected chi connectivity index (χ3v) is 2.65. The number of methoxy groups -OCH3 is 1. The molecule has 0 aromatic heterocycles. The summed E-state index contributed by atoms with van der Waals surface area (Å²) in [6.45, 7) is 2.11. The maximum absolute atomic E-state index is 5.26. The predicted molar refractivity (Wildman–Crippen MR) is 74.0 cm³/mol. The Morgan fingerprint density at radius 1 is 1.44 bits per heavy atom. The molecule has 1 rings (SSSR count). The Morgan fingerprint density at radius 2 is 2.12 bits per heavy atom. The van der Waals surface area contributed by atoms with Crippen LogP contribution in [0.1, 0.15) is 12.5 Å². The Morgan fingerprint density at radius 3 is 2.62 bits per heavy atom. The summed E-state index contributed by atoms with van der Waals surface area (Å²) >= 11 is 1.06. The zero-order valence-electron chi connectivity index (χ0n) is 9.69. The molecule has 0 atom stereocenters. The van der Waals surface area contributed by atoms with Crippen LogP contribution in [-0.4, -0.2) is 14.2 Å². The first-order valence-corrected chi connectivity index (χ1v) is 5.37. The van der Waals surface area contributed by atoms with Crippen LogP contribution in [0.2, 0.25) is 0 Å². The van der Waals surface area contributed by atoms with E-state index in [1.54, 1.807) is 7.11 Å². The molecule has 0 unspecified atom stereocenters. The van der Waals surface area contributed by atoms with Crippen molar-refractivity contribution in [2.75, 3.05) is 18.5 Å². The van der Waals surface area contributed by atoms with Crippen LogP contribution in [0.5, 0.6) is 5.75 Å². The van der Waals surface area contributed by atoms with Crippen LogP contribution >= 0.6 is 25.7 Å². The first kappa shape index (κ1) is 15.4. The SMILES string of the molecule is CCc1ccc(OC)c(N(C)SON)c1.S. The summed E-state index contributed by atoms with van der Waals surface area (Å²) in [5.41, 5.74) is 2.20. The van der Waals surface area contributed by atoms with Gasteiger partial charge >= 0.3 is 0 Å². The Bertz CT molecular complexity index is 324. The van der Waals surface area contributed by atoms with E-state index in [1.807, 2.05) is 23.5 Å². The van der Waals surface area contributed by atoms with E-state index in [-0.39, 0.29) is 13.5 Å². The van der Waals surface area contributed by atoms with E-state index in [9.17, 15) is 0 Å². The van der Waals surface area contributed by atoms with Crippen molar-refractivity contribution < 1.29 is 9.02 Å². The maximum atomic E-state index is 5.26. The molecular weight excluding hydrogens is 244 g/mol. The molecule has 0 aliphatic heterocycles. The highest BCUT2D eigenvalue weighted by Crippen LogP contribution is 2.32. The van der Waals surface area contributed by atoms with Crippen molar-refractivity contribution in [3.63, 3.8) is 0 Å². The quantitative estimate of drug-likeness (QED) is 0.501. The van der Waals surface area contributed by atoms with Crippen molar-refractivity contribution in [1.29, 1.82) is 0 Å². The molecule has 4 nitrogen and oxygen atoms in total. The number of rotatable bonds is 5. The van der Waals surface area contributed by atoms with Crippen LogP contribution in [-0.2, 0) is 10.7 Å². The second kappa shape index (κ2) is 7.67. The van der Waals surface area contributed by atoms with Gasteiger partial charge in [0, 0.05) is 7.05 Å². The molecule has 0 amide bonds. The number of aryl methyl sites for hydroxylation is 1. The number of benzene rings is 1. The number of ether oxygens (including phenoxy) is 1. The number of anilines is 1. The fraction of sp³-hybridized carbons (Fsp3) is 0.400. The first-order chi connectivity index (χ1) is 7.22. The van der Waals surface area contributed by atoms with Gasteiger partial charge in [-0.1, -0.05) is 13.0 Å². The van der Waals surface area contributed by atoms with Crippen LogP contribution in [0, 0.1) is 0 Å². The van der Waals surface area contributed by atoms with E-state index in [4.69, 9.17) is 10.6 Å². The number of hydrogen-bond donors (Lipinski definition) is 1. The highest BCUT2D eigenvalue weighted by molar-refractivity contribution is 7.96. The second-order valence-corrected chi connectivity index (χ2v) is 3.92. The topological polar surface area (TPSA) is 47.7 Å². The van der Waals surface area contributed by atoms with Gasteiger partial charge in [0.25, 0.3) is 0 Å². The van der Waals surface area contributed by atoms with Gasteiger partial charge < -0.3 is 4.74 Å². The minimum Gasteiger partial charge on any atom is -0.495 e. The molecule has 92 valence electrons. The average molecular weight is 262 g/mol. The summed E-state index contributed by atoms with van der Waals surface area (Å²) in [5.74, 6) is 5.81. The Hall–Kier alpha value is -0.560. The third kappa shape index (κ3) is 3.79. The van der Waals surface area contributed by atoms with Crippen LogP contribution in [0.3, 0.4) is 0 Å². The van der Waals surface area contributed by atoms with Crippen LogP contribution in [0.4, 0.5) is 5.69 Å². The molecule has 0 saturated heterocycles. The molecule has 2 N–H and O–H groups in total. The van der Waals surface area contributed by atoms with Gasteiger partial charge in [-0.2, -0.15) is 13.5 Å². The van der Waals surface area contributed by atoms with E-state index in [1.165, 1.54) is 5.56 Å². The van der Waals surface area contributed by atoms with Gasteiger partial charge in [-0.15, -0.1) is 0 Å². The van der Waals surface area contributed by atoms with E-state index in [2.05, 4.69) is 17.3 Å². The lowest BCUT2D eigenvalue weighted by Crippen LogP contribution is -2.10. The summed E-state index contributed by atoms with van der Waals surface area (Å²) in [4.78, 5) is 0. The average Bonchev–Trinajstić information content (AvgIpc) is 2.28. The molecule has 0 aliphatic rings. The van der Waals surface area contributed by atoms with Crippen molar-refractivity contribution in [1.82, 2.24) is 0 Å². The molecule has 16 heavy (non-hydrogen) atoms. The molecule has 0 spiro atoms. The highest BCUT2D eigenvalue weighted by Gasteiger charge is 2.09. The highest BCUT2D eigenvalue weighted by atomic mass is 32.2. The molecule has 0 aliphatic carbocycles. The van der Waals surface area contributed by atoms with E-state index in [0.29, 0.717) is 0 Å². The van der Waals surface area contributed by atoms with Crippen molar-refractivity contribution in [3.05, 3.63) is 23.8 Å². The van der Waals surface area contributed by atoms with Gasteiger partial charge in [-0.3, -0.25) is 4.31 Å². The molecule has 0 heterocycles. The van der Waals surface area contributed by atoms with E-state index >= 15 is 0 Å². The van der Waals surface area contributed by atoms with Crippen molar-refractivity contribution in [2.24, 2.45) is 5.90 Å². The Labute approximate surface area is 108 Å². The fourth-order valence-electron chi connectivity index (χ4n) is 1.31. The second-order valence-electron chi connectivity index (χ2n) is 3.03. The number of nitrogens with two attached hydrogens (primary N) is 1. The van der Waals surface area contributed by atoms with Crippen molar-refractivity contribution in [2.45, 2.75) is 13.3 Å². The molecule has 0 bridgehead atoms. The van der Waals surface area contributed by atoms with Gasteiger partial charge in [0.2, 0.25) is 0 Å². The number of hydrogen-bond acceptors (Lipinski definition) is 5. The molecule has 1 aromatic carbocycles. The van der Waals surface area contributed by atoms with E-state index in [0.717, 1.165) is 30.1 Å². The zero-order chi connectivity index (χ0) is 11.3. The summed E-state index contributed by atoms with van der Waals surface area (Å²) in [5, 5.41) is 0. The minimum absolute atomic E-state index is 0. The molecule has 6 heteroatoms. The maximum Gasteiger partial charge on any atom is 0.143 e. The van der Waals surface area contributed by atoms with Crippen LogP contribution in [0.15, 0.2) is 18.2 Å². The molecular formula is C10H18N2O2S2. The fourth-order valence-corrected chi connectivity index (χ4v) is 1.66. The molecule has 1 aromatic rings. The molecule has 0 saturated carbocycles. The van der Waals surface area contributed by atoms with Gasteiger partial charge in [-0.25, -0.2) is 10.2 Å². The predicted octanol–water partition coefficient (Wildman–Crippen LogP) is 2.26. The van der Waals surface area contributed by atoms with Gasteiger partial charge in [0.15, 0.2) is 0 Å². The minimum atomic E-state index is 0.